The minimum Gasteiger partial charge on any atom is -0.469 e. The van der Waals surface area contributed by atoms with Gasteiger partial charge >= 0.3 is 6.61 Å². The molecule has 2 rings (SSSR count). The van der Waals surface area contributed by atoms with Crippen LogP contribution >= 0.6 is 0 Å². The highest BCUT2D eigenvalue weighted by molar-refractivity contribution is 5.37. The van der Waals surface area contributed by atoms with Crippen LogP contribution in [-0.4, -0.2) is 18.1 Å². The maximum absolute atomic E-state index is 11.9. The Hall–Kier alpha value is -2.11. The molecule has 1 N–H and O–H groups in total. The first-order chi connectivity index (χ1) is 8.74. The van der Waals surface area contributed by atoms with Gasteiger partial charge in [-0.05, 0) is 24.3 Å². The molecule has 0 aliphatic rings. The van der Waals surface area contributed by atoms with Gasteiger partial charge in [0.1, 0.15) is 17.3 Å². The first kappa shape index (κ1) is 12.3. The molecular formula is C12H12F2N2O2. The van der Waals surface area contributed by atoms with Crippen molar-refractivity contribution in [1.29, 1.82) is 0 Å². The number of nitrogens with zero attached hydrogens (tertiary/aromatic N) is 1. The fourth-order valence-corrected chi connectivity index (χ4v) is 1.43. The number of nitrogens with one attached hydrogen (secondary N) is 1. The van der Waals surface area contributed by atoms with E-state index >= 15 is 0 Å². The molecule has 0 aliphatic heterocycles. The van der Waals surface area contributed by atoms with E-state index in [0.29, 0.717) is 12.4 Å². The fraction of sp³-hybridized carbons (Fsp3) is 0.250. The smallest absolute Gasteiger partial charge is 0.387 e. The summed E-state index contributed by atoms with van der Waals surface area (Å²) in [6, 6.07) is 6.73. The van der Waals surface area contributed by atoms with Crippen molar-refractivity contribution >= 4 is 5.82 Å². The van der Waals surface area contributed by atoms with E-state index in [4.69, 9.17) is 4.42 Å². The van der Waals surface area contributed by atoms with Gasteiger partial charge in [-0.25, -0.2) is 4.98 Å². The van der Waals surface area contributed by atoms with E-state index in [1.807, 2.05) is 12.1 Å². The van der Waals surface area contributed by atoms with Gasteiger partial charge in [-0.15, -0.1) is 0 Å². The zero-order valence-corrected chi connectivity index (χ0v) is 9.48. The van der Waals surface area contributed by atoms with Gasteiger partial charge in [-0.2, -0.15) is 8.78 Å². The largest absolute Gasteiger partial charge is 0.469 e. The average Bonchev–Trinajstić information content (AvgIpc) is 2.84. The van der Waals surface area contributed by atoms with Crippen molar-refractivity contribution in [2.45, 2.75) is 13.0 Å². The maximum Gasteiger partial charge on any atom is 0.387 e. The lowest BCUT2D eigenvalue weighted by Crippen LogP contribution is -2.06. The van der Waals surface area contributed by atoms with Crippen molar-refractivity contribution in [2.75, 3.05) is 11.9 Å². The van der Waals surface area contributed by atoms with Crippen molar-refractivity contribution in [3.63, 3.8) is 0 Å². The van der Waals surface area contributed by atoms with Crippen LogP contribution in [0.3, 0.4) is 0 Å². The van der Waals surface area contributed by atoms with Crippen LogP contribution in [0.5, 0.6) is 5.75 Å². The molecular weight excluding hydrogens is 242 g/mol. The van der Waals surface area contributed by atoms with Gasteiger partial charge in [0.05, 0.1) is 12.5 Å². The molecule has 18 heavy (non-hydrogen) atoms. The highest BCUT2D eigenvalue weighted by Crippen LogP contribution is 2.14. The number of pyridine rings is 1. The van der Waals surface area contributed by atoms with Crippen LogP contribution in [0.15, 0.2) is 41.1 Å². The van der Waals surface area contributed by atoms with Crippen LogP contribution in [0.1, 0.15) is 5.76 Å². The molecule has 2 aromatic rings. The molecule has 0 radical (unpaired) electrons. The van der Waals surface area contributed by atoms with Crippen LogP contribution in [0.4, 0.5) is 14.6 Å². The second-order valence-corrected chi connectivity index (χ2v) is 3.51. The maximum atomic E-state index is 11.9. The highest BCUT2D eigenvalue weighted by Gasteiger charge is 2.04. The molecule has 0 aliphatic carbocycles. The van der Waals surface area contributed by atoms with Gasteiger partial charge in [0, 0.05) is 13.0 Å². The van der Waals surface area contributed by atoms with Crippen molar-refractivity contribution in [3.8, 4) is 5.75 Å². The SMILES string of the molecule is FC(F)Oc1ccc(NCCc2ccco2)nc1. The van der Waals surface area contributed by atoms with E-state index in [-0.39, 0.29) is 5.75 Å². The molecule has 2 aromatic heterocycles. The summed E-state index contributed by atoms with van der Waals surface area (Å²) < 4.78 is 33.2. The monoisotopic (exact) mass is 254 g/mol. The Bertz CT molecular complexity index is 457. The first-order valence-electron chi connectivity index (χ1n) is 5.41. The van der Waals surface area contributed by atoms with E-state index in [2.05, 4.69) is 15.0 Å². The number of anilines is 1. The minimum atomic E-state index is -2.83. The fourth-order valence-electron chi connectivity index (χ4n) is 1.43. The Kier molecular flexibility index (Phi) is 4.11. The standard InChI is InChI=1S/C12H12F2N2O2/c13-12(14)18-10-3-4-11(16-8-10)15-6-5-9-2-1-7-17-9/h1-4,7-8,12H,5-6H2,(H,15,16). The van der Waals surface area contributed by atoms with Gasteiger partial charge in [0.2, 0.25) is 0 Å². The summed E-state index contributed by atoms with van der Waals surface area (Å²) in [5, 5.41) is 3.05. The van der Waals surface area contributed by atoms with Crippen LogP contribution < -0.4 is 10.1 Å². The number of rotatable bonds is 6. The lowest BCUT2D eigenvalue weighted by molar-refractivity contribution is -0.0500. The molecule has 6 heteroatoms. The van der Waals surface area contributed by atoms with Crippen molar-refractivity contribution in [2.24, 2.45) is 0 Å². The van der Waals surface area contributed by atoms with E-state index in [0.717, 1.165) is 12.2 Å². The average molecular weight is 254 g/mol. The lowest BCUT2D eigenvalue weighted by atomic mass is 10.3. The topological polar surface area (TPSA) is 47.3 Å². The zero-order chi connectivity index (χ0) is 12.8. The molecule has 96 valence electrons. The molecule has 0 bridgehead atoms. The van der Waals surface area contributed by atoms with Crippen molar-refractivity contribution in [3.05, 3.63) is 42.5 Å². The molecule has 0 unspecified atom stereocenters. The number of halogens is 2. The van der Waals surface area contributed by atoms with E-state index in [9.17, 15) is 8.78 Å². The summed E-state index contributed by atoms with van der Waals surface area (Å²) in [7, 11) is 0. The summed E-state index contributed by atoms with van der Waals surface area (Å²) in [4.78, 5) is 3.95. The Labute approximate surface area is 103 Å². The van der Waals surface area contributed by atoms with Gasteiger partial charge in [-0.3, -0.25) is 0 Å². The van der Waals surface area contributed by atoms with Gasteiger partial charge in [0.15, 0.2) is 0 Å². The Balaban J connectivity index is 1.79. The molecule has 0 amide bonds. The van der Waals surface area contributed by atoms with Crippen LogP contribution in [0.2, 0.25) is 0 Å². The number of aromatic nitrogens is 1. The molecule has 0 spiro atoms. The molecule has 0 saturated heterocycles. The molecule has 0 aromatic carbocycles. The molecule has 0 atom stereocenters. The van der Waals surface area contributed by atoms with Gasteiger partial charge in [-0.1, -0.05) is 0 Å². The third kappa shape index (κ3) is 3.73. The van der Waals surface area contributed by atoms with Gasteiger partial charge < -0.3 is 14.5 Å². The lowest BCUT2D eigenvalue weighted by Gasteiger charge is -2.06. The molecule has 0 fully saturated rings. The van der Waals surface area contributed by atoms with E-state index in [1.54, 1.807) is 12.3 Å². The summed E-state index contributed by atoms with van der Waals surface area (Å²) in [6.45, 7) is -2.18. The predicted molar refractivity (Wildman–Crippen MR) is 61.8 cm³/mol. The van der Waals surface area contributed by atoms with Crippen LogP contribution in [0, 0.1) is 0 Å². The summed E-state index contributed by atoms with van der Waals surface area (Å²) in [5.41, 5.74) is 0. The summed E-state index contributed by atoms with van der Waals surface area (Å²) >= 11 is 0. The zero-order valence-electron chi connectivity index (χ0n) is 9.48. The minimum absolute atomic E-state index is 0.0431. The Morgan fingerprint density at radius 1 is 1.33 bits per heavy atom. The number of ether oxygens (including phenoxy) is 1. The third-order valence-corrected chi connectivity index (χ3v) is 2.22. The van der Waals surface area contributed by atoms with Crippen molar-refractivity contribution < 1.29 is 17.9 Å². The quantitative estimate of drug-likeness (QED) is 0.861. The Morgan fingerprint density at radius 2 is 2.22 bits per heavy atom. The van der Waals surface area contributed by atoms with Gasteiger partial charge in [0.25, 0.3) is 0 Å². The van der Waals surface area contributed by atoms with Crippen molar-refractivity contribution in [1.82, 2.24) is 4.98 Å². The number of hydrogen-bond acceptors (Lipinski definition) is 4. The molecule has 2 heterocycles. The normalized spacial score (nSPS) is 10.6. The van der Waals surface area contributed by atoms with Crippen LogP contribution in [-0.2, 0) is 6.42 Å². The number of hydrogen-bond donors (Lipinski definition) is 1. The third-order valence-electron chi connectivity index (χ3n) is 2.22. The summed E-state index contributed by atoms with van der Waals surface area (Å²) in [6.07, 6.45) is 3.59. The predicted octanol–water partition coefficient (Wildman–Crippen LogP) is 2.93. The van der Waals surface area contributed by atoms with E-state index < -0.39 is 6.61 Å². The highest BCUT2D eigenvalue weighted by atomic mass is 19.3. The second kappa shape index (κ2) is 6.00. The molecule has 0 saturated carbocycles. The Morgan fingerprint density at radius 3 is 2.83 bits per heavy atom. The molecule has 4 nitrogen and oxygen atoms in total. The number of furan rings is 1. The second-order valence-electron chi connectivity index (χ2n) is 3.51. The summed E-state index contributed by atoms with van der Waals surface area (Å²) in [5.74, 6) is 1.52. The first-order valence-corrected chi connectivity index (χ1v) is 5.41. The number of alkyl halides is 2. The van der Waals surface area contributed by atoms with Crippen LogP contribution in [0.25, 0.3) is 0 Å². The van der Waals surface area contributed by atoms with E-state index in [1.165, 1.54) is 12.3 Å².